The van der Waals surface area contributed by atoms with Crippen LogP contribution in [-0.4, -0.2) is 5.78 Å². The predicted octanol–water partition coefficient (Wildman–Crippen LogP) is 5.60. The van der Waals surface area contributed by atoms with Crippen molar-refractivity contribution in [2.24, 2.45) is 0 Å². The fourth-order valence-electron chi connectivity index (χ4n) is 2.56. The summed E-state index contributed by atoms with van der Waals surface area (Å²) in [4.78, 5) is 11.4. The summed E-state index contributed by atoms with van der Waals surface area (Å²) in [6.45, 7) is 8.15. The summed E-state index contributed by atoms with van der Waals surface area (Å²) < 4.78 is 5.53. The number of fused-ring (bicyclic) bond motifs is 1. The minimum atomic E-state index is -0.0488. The molecule has 0 amide bonds. The third-order valence-corrected chi connectivity index (χ3v) is 3.95. The van der Waals surface area contributed by atoms with Gasteiger partial charge in [0.25, 0.3) is 0 Å². The SMILES string of the molecule is CC(=O)c1cc2cc(-c3ccc(C(C)(C)C)cc3)ccc2o1. The van der Waals surface area contributed by atoms with Crippen molar-refractivity contribution < 1.29 is 9.21 Å². The molecule has 1 aromatic heterocycles. The third kappa shape index (κ3) is 2.69. The maximum atomic E-state index is 11.4. The van der Waals surface area contributed by atoms with Gasteiger partial charge < -0.3 is 4.42 Å². The van der Waals surface area contributed by atoms with E-state index in [1.54, 1.807) is 0 Å². The molecule has 0 bridgehead atoms. The van der Waals surface area contributed by atoms with E-state index in [4.69, 9.17) is 4.42 Å². The number of rotatable bonds is 2. The van der Waals surface area contributed by atoms with Gasteiger partial charge in [-0.05, 0) is 40.3 Å². The molecule has 0 radical (unpaired) electrons. The number of hydrogen-bond acceptors (Lipinski definition) is 2. The number of Topliss-reactive ketones (excluding diaryl/α,β-unsaturated/α-hetero) is 1. The van der Waals surface area contributed by atoms with E-state index in [0.29, 0.717) is 5.76 Å². The Labute approximate surface area is 130 Å². The monoisotopic (exact) mass is 292 g/mol. The highest BCUT2D eigenvalue weighted by Gasteiger charge is 2.13. The lowest BCUT2D eigenvalue weighted by atomic mass is 9.86. The van der Waals surface area contributed by atoms with Crippen molar-refractivity contribution in [3.63, 3.8) is 0 Å². The highest BCUT2D eigenvalue weighted by Crippen LogP contribution is 2.29. The van der Waals surface area contributed by atoms with Crippen LogP contribution in [0.5, 0.6) is 0 Å². The van der Waals surface area contributed by atoms with E-state index in [1.165, 1.54) is 18.1 Å². The third-order valence-electron chi connectivity index (χ3n) is 3.95. The largest absolute Gasteiger partial charge is 0.453 e. The van der Waals surface area contributed by atoms with Crippen molar-refractivity contribution in [2.45, 2.75) is 33.1 Å². The van der Waals surface area contributed by atoms with Crippen LogP contribution in [0.3, 0.4) is 0 Å². The molecule has 112 valence electrons. The van der Waals surface area contributed by atoms with Crippen LogP contribution in [0, 0.1) is 0 Å². The normalized spacial score (nSPS) is 11.8. The van der Waals surface area contributed by atoms with Gasteiger partial charge in [-0.25, -0.2) is 0 Å². The molecule has 3 rings (SSSR count). The fourth-order valence-corrected chi connectivity index (χ4v) is 2.56. The van der Waals surface area contributed by atoms with Gasteiger partial charge >= 0.3 is 0 Å². The first-order valence-corrected chi connectivity index (χ1v) is 7.50. The summed E-state index contributed by atoms with van der Waals surface area (Å²) in [5.41, 5.74) is 4.52. The van der Waals surface area contributed by atoms with Gasteiger partial charge in [-0.1, -0.05) is 51.1 Å². The van der Waals surface area contributed by atoms with E-state index in [9.17, 15) is 4.79 Å². The summed E-state index contributed by atoms with van der Waals surface area (Å²) in [5, 5.41) is 0.961. The van der Waals surface area contributed by atoms with Crippen LogP contribution in [-0.2, 0) is 5.41 Å². The van der Waals surface area contributed by atoms with Gasteiger partial charge in [0.15, 0.2) is 11.5 Å². The molecule has 0 atom stereocenters. The number of furan rings is 1. The van der Waals surface area contributed by atoms with E-state index in [2.05, 4.69) is 51.1 Å². The zero-order valence-electron chi connectivity index (χ0n) is 13.4. The quantitative estimate of drug-likeness (QED) is 0.575. The molecular formula is C20H20O2. The van der Waals surface area contributed by atoms with Gasteiger partial charge in [0.2, 0.25) is 0 Å². The molecule has 0 fully saturated rings. The Bertz CT molecular complexity index is 830. The molecule has 0 N–H and O–H groups in total. The Balaban J connectivity index is 2.01. The Morgan fingerprint density at radius 3 is 2.14 bits per heavy atom. The lowest BCUT2D eigenvalue weighted by Gasteiger charge is -2.19. The Kier molecular flexibility index (Phi) is 3.40. The van der Waals surface area contributed by atoms with E-state index >= 15 is 0 Å². The maximum absolute atomic E-state index is 11.4. The molecular weight excluding hydrogens is 272 g/mol. The fraction of sp³-hybridized carbons (Fsp3) is 0.250. The second-order valence-electron chi connectivity index (χ2n) is 6.75. The first-order chi connectivity index (χ1) is 10.3. The molecule has 2 heteroatoms. The van der Waals surface area contributed by atoms with Crippen LogP contribution in [0.2, 0.25) is 0 Å². The van der Waals surface area contributed by atoms with Crippen molar-refractivity contribution in [3.05, 3.63) is 59.9 Å². The van der Waals surface area contributed by atoms with Crippen LogP contribution in [0.25, 0.3) is 22.1 Å². The van der Waals surface area contributed by atoms with Crippen LogP contribution in [0.1, 0.15) is 43.8 Å². The van der Waals surface area contributed by atoms with E-state index in [1.807, 2.05) is 18.2 Å². The summed E-state index contributed by atoms with van der Waals surface area (Å²) in [7, 11) is 0. The molecule has 0 saturated carbocycles. The number of ketones is 1. The molecule has 2 nitrogen and oxygen atoms in total. The Morgan fingerprint density at radius 2 is 1.55 bits per heavy atom. The standard InChI is InChI=1S/C20H20O2/c1-13(21)19-12-16-11-15(7-10-18(16)22-19)14-5-8-17(9-6-14)20(2,3)4/h5-12H,1-4H3. The molecule has 0 spiro atoms. The number of benzene rings is 2. The van der Waals surface area contributed by atoms with E-state index in [-0.39, 0.29) is 11.2 Å². The molecule has 22 heavy (non-hydrogen) atoms. The molecule has 2 aromatic carbocycles. The molecule has 0 saturated heterocycles. The van der Waals surface area contributed by atoms with Gasteiger partial charge in [-0.2, -0.15) is 0 Å². The smallest absolute Gasteiger partial charge is 0.194 e. The number of carbonyl (C=O) groups is 1. The molecule has 0 aliphatic rings. The van der Waals surface area contributed by atoms with Crippen molar-refractivity contribution in [1.82, 2.24) is 0 Å². The Morgan fingerprint density at radius 1 is 0.909 bits per heavy atom. The summed E-state index contributed by atoms with van der Waals surface area (Å²) in [6.07, 6.45) is 0. The lowest BCUT2D eigenvalue weighted by Crippen LogP contribution is -2.10. The van der Waals surface area contributed by atoms with Crippen molar-refractivity contribution in [3.8, 4) is 11.1 Å². The van der Waals surface area contributed by atoms with Crippen molar-refractivity contribution in [2.75, 3.05) is 0 Å². The van der Waals surface area contributed by atoms with Crippen LogP contribution in [0.15, 0.2) is 52.9 Å². The second kappa shape index (κ2) is 5.13. The molecule has 0 aliphatic carbocycles. The van der Waals surface area contributed by atoms with E-state index in [0.717, 1.165) is 16.5 Å². The second-order valence-corrected chi connectivity index (χ2v) is 6.75. The minimum Gasteiger partial charge on any atom is -0.453 e. The van der Waals surface area contributed by atoms with E-state index < -0.39 is 0 Å². The van der Waals surface area contributed by atoms with Gasteiger partial charge in [0.1, 0.15) is 5.58 Å². The highest BCUT2D eigenvalue weighted by molar-refractivity contribution is 5.96. The summed E-state index contributed by atoms with van der Waals surface area (Å²) in [6, 6.07) is 16.5. The highest BCUT2D eigenvalue weighted by atomic mass is 16.3. The number of carbonyl (C=O) groups excluding carboxylic acids is 1. The average molecular weight is 292 g/mol. The average Bonchev–Trinajstić information content (AvgIpc) is 2.89. The molecule has 1 heterocycles. The van der Waals surface area contributed by atoms with Gasteiger partial charge in [0.05, 0.1) is 0 Å². The number of hydrogen-bond donors (Lipinski definition) is 0. The zero-order chi connectivity index (χ0) is 15.9. The van der Waals surface area contributed by atoms with Gasteiger partial charge in [-0.15, -0.1) is 0 Å². The van der Waals surface area contributed by atoms with Crippen molar-refractivity contribution in [1.29, 1.82) is 0 Å². The molecule has 0 aliphatic heterocycles. The molecule has 3 aromatic rings. The van der Waals surface area contributed by atoms with Crippen LogP contribution in [0.4, 0.5) is 0 Å². The predicted molar refractivity (Wildman–Crippen MR) is 90.4 cm³/mol. The maximum Gasteiger partial charge on any atom is 0.194 e. The van der Waals surface area contributed by atoms with Gasteiger partial charge in [0, 0.05) is 12.3 Å². The Hall–Kier alpha value is -2.35. The van der Waals surface area contributed by atoms with Crippen molar-refractivity contribution >= 4 is 16.8 Å². The van der Waals surface area contributed by atoms with Gasteiger partial charge in [-0.3, -0.25) is 4.79 Å². The minimum absolute atomic E-state index is 0.0488. The van der Waals surface area contributed by atoms with Crippen LogP contribution < -0.4 is 0 Å². The zero-order valence-corrected chi connectivity index (χ0v) is 13.4. The lowest BCUT2D eigenvalue weighted by molar-refractivity contribution is 0.0989. The van der Waals surface area contributed by atoms with Crippen LogP contribution >= 0.6 is 0 Å². The first kappa shape index (κ1) is 14.6. The summed E-state index contributed by atoms with van der Waals surface area (Å²) in [5.74, 6) is 0.363. The first-order valence-electron chi connectivity index (χ1n) is 7.50. The topological polar surface area (TPSA) is 30.2 Å². The summed E-state index contributed by atoms with van der Waals surface area (Å²) >= 11 is 0. The molecule has 0 unspecified atom stereocenters.